The van der Waals surface area contributed by atoms with Gasteiger partial charge in [0, 0.05) is 10.7 Å². The summed E-state index contributed by atoms with van der Waals surface area (Å²) in [5.41, 5.74) is 0.858. The van der Waals surface area contributed by atoms with Crippen molar-refractivity contribution in [1.29, 1.82) is 0 Å². The van der Waals surface area contributed by atoms with Gasteiger partial charge in [0.25, 0.3) is 0 Å². The highest BCUT2D eigenvalue weighted by atomic mass is 35.5. The summed E-state index contributed by atoms with van der Waals surface area (Å²) in [5.74, 6) is 0.847. The number of thiocarbonyl (C=S) groups is 1. The predicted molar refractivity (Wildman–Crippen MR) is 92.2 cm³/mol. The molecule has 3 nitrogen and oxygen atoms in total. The van der Waals surface area contributed by atoms with Crippen LogP contribution in [0.15, 0.2) is 54.6 Å². The lowest BCUT2D eigenvalue weighted by atomic mass is 10.3. The highest BCUT2D eigenvalue weighted by molar-refractivity contribution is 7.80. The summed E-state index contributed by atoms with van der Waals surface area (Å²) in [6.07, 6.45) is 0. The number of hydrogen-bond donors (Lipinski definition) is 2. The zero-order valence-electron chi connectivity index (χ0n) is 11.7. The minimum absolute atomic E-state index is 0.0874. The monoisotopic (exact) mass is 320 g/mol. The van der Waals surface area contributed by atoms with Gasteiger partial charge in [-0.15, -0.1) is 0 Å². The molecule has 0 aliphatic heterocycles. The fourth-order valence-electron chi connectivity index (χ4n) is 1.74. The molecule has 0 spiro atoms. The Morgan fingerprint density at radius 2 is 1.95 bits per heavy atom. The number of ether oxygens (including phenoxy) is 1. The maximum absolute atomic E-state index is 5.93. The molecule has 0 bridgehead atoms. The first-order valence-electron chi connectivity index (χ1n) is 6.64. The van der Waals surface area contributed by atoms with Crippen LogP contribution < -0.4 is 15.4 Å². The molecule has 0 unspecified atom stereocenters. The Morgan fingerprint density at radius 3 is 2.67 bits per heavy atom. The number of rotatable bonds is 5. The van der Waals surface area contributed by atoms with Crippen molar-refractivity contribution in [3.63, 3.8) is 0 Å². The summed E-state index contributed by atoms with van der Waals surface area (Å²) in [6.45, 7) is 2.54. The average molecular weight is 321 g/mol. The molecule has 21 heavy (non-hydrogen) atoms. The Kier molecular flexibility index (Phi) is 5.84. The van der Waals surface area contributed by atoms with E-state index in [0.717, 1.165) is 11.4 Å². The molecule has 0 amide bonds. The van der Waals surface area contributed by atoms with Gasteiger partial charge in [-0.3, -0.25) is 0 Å². The number of halogens is 1. The van der Waals surface area contributed by atoms with Gasteiger partial charge < -0.3 is 15.4 Å². The molecule has 2 aromatic carbocycles. The topological polar surface area (TPSA) is 33.3 Å². The SMILES string of the molecule is C[C@H](COc1ccccc1)NC(=S)Nc1cccc(Cl)c1. The lowest BCUT2D eigenvalue weighted by Crippen LogP contribution is -2.39. The third-order valence-electron chi connectivity index (χ3n) is 2.70. The Labute approximate surface area is 135 Å². The quantitative estimate of drug-likeness (QED) is 0.813. The van der Waals surface area contributed by atoms with Crippen LogP contribution in [-0.2, 0) is 0 Å². The zero-order valence-corrected chi connectivity index (χ0v) is 13.2. The van der Waals surface area contributed by atoms with Crippen molar-refractivity contribution in [2.45, 2.75) is 13.0 Å². The van der Waals surface area contributed by atoms with Crippen LogP contribution in [0.3, 0.4) is 0 Å². The largest absolute Gasteiger partial charge is 0.491 e. The summed E-state index contributed by atoms with van der Waals surface area (Å²) in [6, 6.07) is 17.2. The van der Waals surface area contributed by atoms with E-state index in [2.05, 4.69) is 10.6 Å². The van der Waals surface area contributed by atoms with Crippen LogP contribution in [0, 0.1) is 0 Å². The van der Waals surface area contributed by atoms with E-state index in [1.165, 1.54) is 0 Å². The van der Waals surface area contributed by atoms with Crippen LogP contribution in [0.2, 0.25) is 5.02 Å². The predicted octanol–water partition coefficient (Wildman–Crippen LogP) is 4.09. The van der Waals surface area contributed by atoms with Gasteiger partial charge in [-0.1, -0.05) is 35.9 Å². The molecule has 0 aromatic heterocycles. The van der Waals surface area contributed by atoms with Crippen LogP contribution in [-0.4, -0.2) is 17.8 Å². The molecule has 5 heteroatoms. The first-order chi connectivity index (χ1) is 10.1. The first-order valence-corrected chi connectivity index (χ1v) is 7.43. The number of para-hydroxylation sites is 1. The van der Waals surface area contributed by atoms with Crippen LogP contribution in [0.4, 0.5) is 5.69 Å². The third-order valence-corrected chi connectivity index (χ3v) is 3.16. The highest BCUT2D eigenvalue weighted by Gasteiger charge is 2.05. The minimum atomic E-state index is 0.0874. The summed E-state index contributed by atoms with van der Waals surface area (Å²) >= 11 is 11.2. The normalized spacial score (nSPS) is 11.5. The molecule has 0 fully saturated rings. The van der Waals surface area contributed by atoms with Crippen molar-refractivity contribution >= 4 is 34.6 Å². The number of anilines is 1. The van der Waals surface area contributed by atoms with Crippen LogP contribution >= 0.6 is 23.8 Å². The average Bonchev–Trinajstić information content (AvgIpc) is 2.46. The lowest BCUT2D eigenvalue weighted by molar-refractivity contribution is 0.287. The van der Waals surface area contributed by atoms with Crippen LogP contribution in [0.25, 0.3) is 0 Å². The standard InChI is InChI=1S/C16H17ClN2OS/c1-12(11-20-15-8-3-2-4-9-15)18-16(21)19-14-7-5-6-13(17)10-14/h2-10,12H,11H2,1H3,(H2,18,19,21)/t12-/m1/s1. The van der Waals surface area contributed by atoms with Crippen molar-refractivity contribution in [2.75, 3.05) is 11.9 Å². The van der Waals surface area contributed by atoms with E-state index in [0.29, 0.717) is 16.7 Å². The van der Waals surface area contributed by atoms with E-state index in [4.69, 9.17) is 28.6 Å². The number of nitrogens with one attached hydrogen (secondary N) is 2. The second-order valence-electron chi connectivity index (χ2n) is 4.63. The molecule has 0 radical (unpaired) electrons. The minimum Gasteiger partial charge on any atom is -0.491 e. The Balaban J connectivity index is 1.77. The van der Waals surface area contributed by atoms with E-state index in [-0.39, 0.29) is 6.04 Å². The molecule has 0 aliphatic rings. The van der Waals surface area contributed by atoms with Gasteiger partial charge >= 0.3 is 0 Å². The highest BCUT2D eigenvalue weighted by Crippen LogP contribution is 2.14. The molecule has 2 rings (SSSR count). The van der Waals surface area contributed by atoms with Crippen molar-refractivity contribution in [3.8, 4) is 5.75 Å². The smallest absolute Gasteiger partial charge is 0.171 e. The zero-order chi connectivity index (χ0) is 15.1. The molecule has 0 heterocycles. The van der Waals surface area contributed by atoms with Gasteiger partial charge in [0.1, 0.15) is 12.4 Å². The molecule has 1 atom stereocenters. The maximum atomic E-state index is 5.93. The summed E-state index contributed by atoms with van der Waals surface area (Å²) in [5, 5.41) is 7.48. The molecule has 2 N–H and O–H groups in total. The Morgan fingerprint density at radius 1 is 1.19 bits per heavy atom. The number of benzene rings is 2. The fourth-order valence-corrected chi connectivity index (χ4v) is 2.25. The van der Waals surface area contributed by atoms with Crippen molar-refractivity contribution < 1.29 is 4.74 Å². The van der Waals surface area contributed by atoms with Gasteiger partial charge in [-0.25, -0.2) is 0 Å². The summed E-state index contributed by atoms with van der Waals surface area (Å²) in [4.78, 5) is 0. The molecular formula is C16H17ClN2OS. The molecule has 0 aliphatic carbocycles. The van der Waals surface area contributed by atoms with E-state index < -0.39 is 0 Å². The third kappa shape index (κ3) is 5.61. The second kappa shape index (κ2) is 7.86. The molecule has 0 saturated carbocycles. The second-order valence-corrected chi connectivity index (χ2v) is 5.48. The van der Waals surface area contributed by atoms with Gasteiger partial charge in [-0.05, 0) is 49.5 Å². The van der Waals surface area contributed by atoms with E-state index in [9.17, 15) is 0 Å². The van der Waals surface area contributed by atoms with Crippen LogP contribution in [0.5, 0.6) is 5.75 Å². The van der Waals surface area contributed by atoms with E-state index in [1.807, 2.05) is 61.5 Å². The van der Waals surface area contributed by atoms with Crippen LogP contribution in [0.1, 0.15) is 6.92 Å². The van der Waals surface area contributed by atoms with Gasteiger partial charge in [0.2, 0.25) is 0 Å². The summed E-state index contributed by atoms with van der Waals surface area (Å²) in [7, 11) is 0. The molecule has 2 aromatic rings. The van der Waals surface area contributed by atoms with Gasteiger partial charge in [0.05, 0.1) is 6.04 Å². The first kappa shape index (κ1) is 15.6. The molecule has 0 saturated heterocycles. The fraction of sp³-hybridized carbons (Fsp3) is 0.188. The van der Waals surface area contributed by atoms with Crippen molar-refractivity contribution in [2.24, 2.45) is 0 Å². The Hall–Kier alpha value is -1.78. The lowest BCUT2D eigenvalue weighted by Gasteiger charge is -2.17. The molecular weight excluding hydrogens is 304 g/mol. The number of hydrogen-bond acceptors (Lipinski definition) is 2. The molecule has 110 valence electrons. The van der Waals surface area contributed by atoms with Crippen molar-refractivity contribution in [1.82, 2.24) is 5.32 Å². The van der Waals surface area contributed by atoms with Gasteiger partial charge in [-0.2, -0.15) is 0 Å². The summed E-state index contributed by atoms with van der Waals surface area (Å²) < 4.78 is 5.67. The Bertz CT molecular complexity index is 592. The van der Waals surface area contributed by atoms with E-state index in [1.54, 1.807) is 0 Å². The van der Waals surface area contributed by atoms with Gasteiger partial charge in [0.15, 0.2) is 5.11 Å². The van der Waals surface area contributed by atoms with Crippen molar-refractivity contribution in [3.05, 3.63) is 59.6 Å². The van der Waals surface area contributed by atoms with E-state index >= 15 is 0 Å². The maximum Gasteiger partial charge on any atom is 0.171 e.